The first-order valence-corrected chi connectivity index (χ1v) is 10.6. The van der Waals surface area contributed by atoms with E-state index in [1.165, 1.54) is 23.5 Å². The van der Waals surface area contributed by atoms with Crippen LogP contribution in [0.2, 0.25) is 0 Å². The topological polar surface area (TPSA) is 84.9 Å². The molecule has 8 heteroatoms. The van der Waals surface area contributed by atoms with Crippen LogP contribution in [0, 0.1) is 0 Å². The second kappa shape index (κ2) is 8.62. The highest BCUT2D eigenvalue weighted by Gasteiger charge is 2.27. The molecule has 0 aromatic heterocycles. The van der Waals surface area contributed by atoms with Gasteiger partial charge in [-0.25, -0.2) is 8.42 Å². The van der Waals surface area contributed by atoms with E-state index in [1.54, 1.807) is 37.3 Å². The number of hydrogen-bond acceptors (Lipinski definition) is 5. The predicted octanol–water partition coefficient (Wildman–Crippen LogP) is 2.89. The molecule has 2 aromatic rings. The molecule has 1 heterocycles. The Bertz CT molecular complexity index is 922. The standard InChI is InChI=1S/C20H24N2O5S/c1-15(27-19-8-4-3-7-18(19)26-2)20(23)21-16-9-11-17(12-10-16)28(24,25)22-13-5-6-14-22/h3-4,7-12,15H,5-6,13-14H2,1-2H3,(H,21,23)/t15-/m1/s1. The van der Waals surface area contributed by atoms with Crippen LogP contribution in [-0.2, 0) is 14.8 Å². The van der Waals surface area contributed by atoms with Crippen LogP contribution in [0.3, 0.4) is 0 Å². The first-order valence-electron chi connectivity index (χ1n) is 9.12. The molecule has 1 N–H and O–H groups in total. The molecule has 1 fully saturated rings. The van der Waals surface area contributed by atoms with Crippen molar-refractivity contribution in [2.24, 2.45) is 0 Å². The van der Waals surface area contributed by atoms with Gasteiger partial charge in [-0.1, -0.05) is 12.1 Å². The van der Waals surface area contributed by atoms with Gasteiger partial charge in [-0.3, -0.25) is 4.79 Å². The molecule has 0 bridgehead atoms. The fraction of sp³-hybridized carbons (Fsp3) is 0.350. The number of rotatable bonds is 7. The summed E-state index contributed by atoms with van der Waals surface area (Å²) < 4.78 is 37.5. The number of sulfonamides is 1. The fourth-order valence-corrected chi connectivity index (χ4v) is 4.51. The van der Waals surface area contributed by atoms with E-state index in [1.807, 2.05) is 6.07 Å². The third-order valence-corrected chi connectivity index (χ3v) is 6.48. The van der Waals surface area contributed by atoms with Crippen molar-refractivity contribution in [1.82, 2.24) is 4.31 Å². The maximum Gasteiger partial charge on any atom is 0.265 e. The van der Waals surface area contributed by atoms with Gasteiger partial charge in [-0.2, -0.15) is 4.31 Å². The smallest absolute Gasteiger partial charge is 0.265 e. The summed E-state index contributed by atoms with van der Waals surface area (Å²) in [5.74, 6) is 0.666. The van der Waals surface area contributed by atoms with Crippen LogP contribution in [-0.4, -0.2) is 44.9 Å². The lowest BCUT2D eigenvalue weighted by Crippen LogP contribution is -2.30. The van der Waals surface area contributed by atoms with Crippen molar-refractivity contribution >= 4 is 21.6 Å². The van der Waals surface area contributed by atoms with Crippen LogP contribution < -0.4 is 14.8 Å². The van der Waals surface area contributed by atoms with Crippen molar-refractivity contribution in [3.63, 3.8) is 0 Å². The number of nitrogens with one attached hydrogen (secondary N) is 1. The van der Waals surface area contributed by atoms with Crippen molar-refractivity contribution in [2.45, 2.75) is 30.8 Å². The minimum absolute atomic E-state index is 0.228. The molecule has 0 spiro atoms. The molecule has 0 saturated carbocycles. The summed E-state index contributed by atoms with van der Waals surface area (Å²) in [4.78, 5) is 12.6. The molecule has 1 saturated heterocycles. The summed E-state index contributed by atoms with van der Waals surface area (Å²) in [5.41, 5.74) is 0.501. The van der Waals surface area contributed by atoms with Crippen LogP contribution in [0.5, 0.6) is 11.5 Å². The van der Waals surface area contributed by atoms with Gasteiger partial charge in [-0.15, -0.1) is 0 Å². The van der Waals surface area contributed by atoms with Gasteiger partial charge >= 0.3 is 0 Å². The number of para-hydroxylation sites is 2. The molecule has 28 heavy (non-hydrogen) atoms. The summed E-state index contributed by atoms with van der Waals surface area (Å²) in [5, 5.41) is 2.73. The van der Waals surface area contributed by atoms with E-state index in [2.05, 4.69) is 5.32 Å². The normalized spacial score (nSPS) is 15.8. The number of hydrogen-bond donors (Lipinski definition) is 1. The molecule has 150 valence electrons. The van der Waals surface area contributed by atoms with Gasteiger partial charge in [0.25, 0.3) is 5.91 Å². The van der Waals surface area contributed by atoms with E-state index in [0.717, 1.165) is 12.8 Å². The average molecular weight is 404 g/mol. The maximum atomic E-state index is 12.5. The van der Waals surface area contributed by atoms with Crippen LogP contribution in [0.1, 0.15) is 19.8 Å². The Morgan fingerprint density at radius 2 is 1.64 bits per heavy atom. The third kappa shape index (κ3) is 4.45. The highest BCUT2D eigenvalue weighted by molar-refractivity contribution is 7.89. The van der Waals surface area contributed by atoms with E-state index >= 15 is 0 Å². The number of benzene rings is 2. The molecule has 2 aromatic carbocycles. The Balaban J connectivity index is 1.64. The first-order chi connectivity index (χ1) is 13.4. The number of ether oxygens (including phenoxy) is 2. The van der Waals surface area contributed by atoms with Gasteiger partial charge in [-0.05, 0) is 56.2 Å². The zero-order valence-corrected chi connectivity index (χ0v) is 16.7. The number of nitrogens with zero attached hydrogens (tertiary/aromatic N) is 1. The summed E-state index contributed by atoms with van der Waals surface area (Å²) in [7, 11) is -1.93. The molecule has 1 aliphatic heterocycles. The molecule has 3 rings (SSSR count). The average Bonchev–Trinajstić information content (AvgIpc) is 3.24. The second-order valence-corrected chi connectivity index (χ2v) is 8.47. The largest absolute Gasteiger partial charge is 0.493 e. The third-order valence-electron chi connectivity index (χ3n) is 4.57. The SMILES string of the molecule is COc1ccccc1O[C@H](C)C(=O)Nc1ccc(S(=O)(=O)N2CCCC2)cc1. The molecule has 0 unspecified atom stereocenters. The van der Waals surface area contributed by atoms with Crippen LogP contribution in [0.15, 0.2) is 53.4 Å². The molecule has 7 nitrogen and oxygen atoms in total. The maximum absolute atomic E-state index is 12.5. The Morgan fingerprint density at radius 3 is 2.25 bits per heavy atom. The summed E-state index contributed by atoms with van der Waals surface area (Å²) in [6.07, 6.45) is 1.01. The number of amides is 1. The highest BCUT2D eigenvalue weighted by Crippen LogP contribution is 2.27. The molecule has 1 aliphatic rings. The molecular weight excluding hydrogens is 380 g/mol. The van der Waals surface area contributed by atoms with Crippen LogP contribution >= 0.6 is 0 Å². The summed E-state index contributed by atoms with van der Waals surface area (Å²) in [6.45, 7) is 2.74. The van der Waals surface area contributed by atoms with Crippen molar-refractivity contribution in [1.29, 1.82) is 0 Å². The number of carbonyl (C=O) groups is 1. The Morgan fingerprint density at radius 1 is 1.04 bits per heavy atom. The van der Waals surface area contributed by atoms with Gasteiger partial charge in [0.05, 0.1) is 12.0 Å². The monoisotopic (exact) mass is 404 g/mol. The zero-order chi connectivity index (χ0) is 20.1. The van der Waals surface area contributed by atoms with Crippen LogP contribution in [0.25, 0.3) is 0 Å². The quantitative estimate of drug-likeness (QED) is 0.767. The summed E-state index contributed by atoms with van der Waals surface area (Å²) in [6, 6.07) is 13.3. The van der Waals surface area contributed by atoms with Gasteiger partial charge in [0.1, 0.15) is 0 Å². The number of methoxy groups -OCH3 is 1. The predicted molar refractivity (Wildman–Crippen MR) is 106 cm³/mol. The van der Waals surface area contributed by atoms with Gasteiger partial charge in [0, 0.05) is 18.8 Å². The summed E-state index contributed by atoms with van der Waals surface area (Å²) >= 11 is 0. The van der Waals surface area contributed by atoms with Gasteiger partial charge in [0.2, 0.25) is 10.0 Å². The Hall–Kier alpha value is -2.58. The molecular formula is C20H24N2O5S. The first kappa shape index (κ1) is 20.2. The van der Waals surface area contributed by atoms with E-state index in [0.29, 0.717) is 30.3 Å². The van der Waals surface area contributed by atoms with Gasteiger partial charge in [0.15, 0.2) is 17.6 Å². The second-order valence-electron chi connectivity index (χ2n) is 6.54. The van der Waals surface area contributed by atoms with Crippen molar-refractivity contribution in [3.05, 3.63) is 48.5 Å². The van der Waals surface area contributed by atoms with Crippen molar-refractivity contribution < 1.29 is 22.7 Å². The van der Waals surface area contributed by atoms with Crippen molar-refractivity contribution in [3.8, 4) is 11.5 Å². The molecule has 1 atom stereocenters. The Labute approximate surface area is 165 Å². The van der Waals surface area contributed by atoms with E-state index in [9.17, 15) is 13.2 Å². The van der Waals surface area contributed by atoms with E-state index in [-0.39, 0.29) is 10.8 Å². The molecule has 0 aliphatic carbocycles. The van der Waals surface area contributed by atoms with Crippen molar-refractivity contribution in [2.75, 3.05) is 25.5 Å². The van der Waals surface area contributed by atoms with E-state index in [4.69, 9.17) is 9.47 Å². The fourth-order valence-electron chi connectivity index (χ4n) is 2.99. The number of carbonyl (C=O) groups excluding carboxylic acids is 1. The lowest BCUT2D eigenvalue weighted by Gasteiger charge is -2.17. The Kier molecular flexibility index (Phi) is 6.21. The lowest BCUT2D eigenvalue weighted by molar-refractivity contribution is -0.122. The lowest BCUT2D eigenvalue weighted by atomic mass is 10.3. The zero-order valence-electron chi connectivity index (χ0n) is 15.9. The van der Waals surface area contributed by atoms with Gasteiger partial charge < -0.3 is 14.8 Å². The molecule has 0 radical (unpaired) electrons. The highest BCUT2D eigenvalue weighted by atomic mass is 32.2. The number of anilines is 1. The van der Waals surface area contributed by atoms with E-state index < -0.39 is 16.1 Å². The van der Waals surface area contributed by atoms with Crippen LogP contribution in [0.4, 0.5) is 5.69 Å². The minimum Gasteiger partial charge on any atom is -0.493 e. The molecule has 1 amide bonds. The minimum atomic E-state index is -3.47.